The largest absolute Gasteiger partial charge is 0.469 e. The number of esters is 1. The molecule has 0 aliphatic carbocycles. The van der Waals surface area contributed by atoms with Gasteiger partial charge in [-0.25, -0.2) is 4.79 Å². The maximum absolute atomic E-state index is 11.9. The van der Waals surface area contributed by atoms with Crippen LogP contribution in [0.5, 0.6) is 0 Å². The van der Waals surface area contributed by atoms with Crippen molar-refractivity contribution in [1.82, 2.24) is 9.55 Å². The third kappa shape index (κ3) is 3.50. The number of aliphatic hydroxyl groups excluding tert-OH is 3. The van der Waals surface area contributed by atoms with E-state index in [-0.39, 0.29) is 18.5 Å². The molecular weight excluding hydrogens is 312 g/mol. The van der Waals surface area contributed by atoms with E-state index in [0.29, 0.717) is 0 Å². The van der Waals surface area contributed by atoms with Crippen molar-refractivity contribution in [2.45, 2.75) is 37.4 Å². The number of aromatic nitrogens is 2. The Morgan fingerprint density at radius 2 is 2.09 bits per heavy atom. The molecule has 1 aliphatic heterocycles. The van der Waals surface area contributed by atoms with E-state index in [4.69, 9.17) is 9.84 Å². The van der Waals surface area contributed by atoms with Crippen molar-refractivity contribution in [3.63, 3.8) is 0 Å². The Bertz CT molecular complexity index is 681. The average molecular weight is 330 g/mol. The first-order valence-electron chi connectivity index (χ1n) is 6.92. The normalized spacial score (nSPS) is 27.1. The molecule has 1 aliphatic rings. The van der Waals surface area contributed by atoms with Crippen LogP contribution in [0, 0.1) is 0 Å². The number of aromatic amines is 1. The van der Waals surface area contributed by atoms with E-state index in [1.807, 2.05) is 0 Å². The molecule has 10 heteroatoms. The van der Waals surface area contributed by atoms with E-state index in [1.54, 1.807) is 0 Å². The molecule has 0 aromatic carbocycles. The summed E-state index contributed by atoms with van der Waals surface area (Å²) in [5.41, 5.74) is -1.59. The van der Waals surface area contributed by atoms with Crippen LogP contribution in [0.15, 0.2) is 15.8 Å². The number of hydrogen-bond acceptors (Lipinski definition) is 8. The summed E-state index contributed by atoms with van der Waals surface area (Å²) < 4.78 is 10.8. The zero-order chi connectivity index (χ0) is 17.1. The van der Waals surface area contributed by atoms with E-state index < -0.39 is 48.2 Å². The van der Waals surface area contributed by atoms with Crippen molar-refractivity contribution in [2.75, 3.05) is 13.7 Å². The van der Waals surface area contributed by atoms with Crippen LogP contribution < -0.4 is 11.2 Å². The molecule has 0 unspecified atom stereocenters. The van der Waals surface area contributed by atoms with Gasteiger partial charge in [-0.2, -0.15) is 0 Å². The van der Waals surface area contributed by atoms with Gasteiger partial charge in [0.1, 0.15) is 24.4 Å². The van der Waals surface area contributed by atoms with Crippen molar-refractivity contribution in [3.8, 4) is 0 Å². The van der Waals surface area contributed by atoms with Crippen LogP contribution in [0.3, 0.4) is 0 Å². The smallest absolute Gasteiger partial charge is 0.328 e. The van der Waals surface area contributed by atoms with Crippen molar-refractivity contribution < 1.29 is 29.6 Å². The average Bonchev–Trinajstić information content (AvgIpc) is 2.81. The Kier molecular flexibility index (Phi) is 5.31. The molecule has 4 N–H and O–H groups in total. The number of hydrogen-bond donors (Lipinski definition) is 4. The summed E-state index contributed by atoms with van der Waals surface area (Å²) >= 11 is 0. The number of ether oxygens (including phenoxy) is 2. The molecule has 2 heterocycles. The Balaban J connectivity index is 2.31. The number of carbonyl (C=O) groups excluding carboxylic acids is 1. The fourth-order valence-corrected chi connectivity index (χ4v) is 2.37. The van der Waals surface area contributed by atoms with Crippen LogP contribution in [-0.4, -0.2) is 62.9 Å². The predicted molar refractivity (Wildman–Crippen MR) is 74.7 cm³/mol. The summed E-state index contributed by atoms with van der Waals surface area (Å²) in [5.74, 6) is -0.530. The summed E-state index contributed by atoms with van der Waals surface area (Å²) in [6, 6.07) is 0. The standard InChI is InChI=1S/C13H18N2O8/c1-22-8(17)2-3-15-4-6(12(20)14-13(15)21)11-10(19)9(18)7(5-16)23-11/h4,7,9-11,16,18-19H,2-3,5H2,1H3,(H,14,20,21)/t7-,9-,10-,11+/m1/s1. The number of nitrogens with one attached hydrogen (secondary N) is 1. The number of aliphatic hydroxyl groups is 3. The quantitative estimate of drug-likeness (QED) is 0.424. The number of aryl methyl sites for hydroxylation is 1. The van der Waals surface area contributed by atoms with E-state index in [1.165, 1.54) is 7.11 Å². The third-order valence-electron chi connectivity index (χ3n) is 3.67. The molecule has 4 atom stereocenters. The van der Waals surface area contributed by atoms with Crippen LogP contribution >= 0.6 is 0 Å². The monoisotopic (exact) mass is 330 g/mol. The summed E-state index contributed by atoms with van der Waals surface area (Å²) in [7, 11) is 1.21. The van der Waals surface area contributed by atoms with Gasteiger partial charge in [-0.3, -0.25) is 19.1 Å². The molecule has 0 saturated carbocycles. The van der Waals surface area contributed by atoms with Crippen molar-refractivity contribution in [1.29, 1.82) is 0 Å². The number of H-pyrrole nitrogens is 1. The second kappa shape index (κ2) is 7.04. The van der Waals surface area contributed by atoms with Gasteiger partial charge in [0.05, 0.1) is 25.7 Å². The van der Waals surface area contributed by atoms with Gasteiger partial charge in [-0.1, -0.05) is 0 Å². The molecule has 23 heavy (non-hydrogen) atoms. The number of rotatable bonds is 5. The highest BCUT2D eigenvalue weighted by Gasteiger charge is 2.44. The summed E-state index contributed by atoms with van der Waals surface area (Å²) in [4.78, 5) is 36.9. The SMILES string of the molecule is COC(=O)CCn1cc([C@@H]2O[C@H](CO)[C@@H](O)[C@H]2O)c(=O)[nH]c1=O. The van der Waals surface area contributed by atoms with E-state index in [0.717, 1.165) is 10.8 Å². The molecule has 1 aromatic rings. The van der Waals surface area contributed by atoms with E-state index in [9.17, 15) is 24.6 Å². The lowest BCUT2D eigenvalue weighted by Gasteiger charge is -2.15. The maximum Gasteiger partial charge on any atom is 0.328 e. The Labute approximate surface area is 129 Å². The van der Waals surface area contributed by atoms with Crippen molar-refractivity contribution >= 4 is 5.97 Å². The third-order valence-corrected chi connectivity index (χ3v) is 3.67. The lowest BCUT2D eigenvalue weighted by atomic mass is 10.0. The second-order valence-corrected chi connectivity index (χ2v) is 5.12. The number of carbonyl (C=O) groups is 1. The van der Waals surface area contributed by atoms with Crippen molar-refractivity contribution in [3.05, 3.63) is 32.6 Å². The van der Waals surface area contributed by atoms with Gasteiger partial charge in [0.25, 0.3) is 5.56 Å². The molecule has 10 nitrogen and oxygen atoms in total. The van der Waals surface area contributed by atoms with Gasteiger partial charge in [-0.05, 0) is 0 Å². The number of nitrogens with zero attached hydrogens (tertiary/aromatic N) is 1. The molecular formula is C13H18N2O8. The van der Waals surface area contributed by atoms with Crippen LogP contribution in [0.25, 0.3) is 0 Å². The highest BCUT2D eigenvalue weighted by atomic mass is 16.6. The molecule has 2 rings (SSSR count). The Hall–Kier alpha value is -2.01. The van der Waals surface area contributed by atoms with Crippen LogP contribution in [-0.2, 0) is 20.8 Å². The molecule has 1 aromatic heterocycles. The van der Waals surface area contributed by atoms with Crippen LogP contribution in [0.1, 0.15) is 18.1 Å². The molecule has 0 amide bonds. The fraction of sp³-hybridized carbons (Fsp3) is 0.615. The van der Waals surface area contributed by atoms with E-state index in [2.05, 4.69) is 9.72 Å². The summed E-state index contributed by atoms with van der Waals surface area (Å²) in [5, 5.41) is 28.8. The fourth-order valence-electron chi connectivity index (χ4n) is 2.37. The van der Waals surface area contributed by atoms with Crippen LogP contribution in [0.2, 0.25) is 0 Å². The molecule has 1 fully saturated rings. The topological polar surface area (TPSA) is 151 Å². The second-order valence-electron chi connectivity index (χ2n) is 5.12. The van der Waals surface area contributed by atoms with E-state index >= 15 is 0 Å². The van der Waals surface area contributed by atoms with Gasteiger partial charge in [0.15, 0.2) is 0 Å². The lowest BCUT2D eigenvalue weighted by molar-refractivity contribution is -0.140. The van der Waals surface area contributed by atoms with Crippen molar-refractivity contribution in [2.24, 2.45) is 0 Å². The zero-order valence-electron chi connectivity index (χ0n) is 12.3. The minimum atomic E-state index is -1.43. The highest BCUT2D eigenvalue weighted by molar-refractivity contribution is 5.68. The van der Waals surface area contributed by atoms with Gasteiger partial charge in [0.2, 0.25) is 0 Å². The Morgan fingerprint density at radius 3 is 2.65 bits per heavy atom. The minimum Gasteiger partial charge on any atom is -0.469 e. The first-order chi connectivity index (χ1) is 10.9. The lowest BCUT2D eigenvalue weighted by Crippen LogP contribution is -2.36. The molecule has 0 radical (unpaired) electrons. The van der Waals surface area contributed by atoms with Gasteiger partial charge in [-0.15, -0.1) is 0 Å². The zero-order valence-corrected chi connectivity index (χ0v) is 12.3. The van der Waals surface area contributed by atoms with Gasteiger partial charge >= 0.3 is 11.7 Å². The van der Waals surface area contributed by atoms with Gasteiger partial charge < -0.3 is 24.8 Å². The highest BCUT2D eigenvalue weighted by Crippen LogP contribution is 2.31. The molecule has 128 valence electrons. The summed E-state index contributed by atoms with van der Waals surface area (Å²) in [6.45, 7) is -0.571. The Morgan fingerprint density at radius 1 is 1.39 bits per heavy atom. The first kappa shape index (κ1) is 17.3. The minimum absolute atomic E-state index is 0.0376. The maximum atomic E-state index is 11.9. The molecule has 0 bridgehead atoms. The first-order valence-corrected chi connectivity index (χ1v) is 6.92. The molecule has 1 saturated heterocycles. The molecule has 0 spiro atoms. The predicted octanol–water partition coefficient (Wildman–Crippen LogP) is -2.75. The van der Waals surface area contributed by atoms with Gasteiger partial charge in [0, 0.05) is 12.7 Å². The number of methoxy groups -OCH3 is 1. The van der Waals surface area contributed by atoms with Crippen LogP contribution in [0.4, 0.5) is 0 Å². The summed E-state index contributed by atoms with van der Waals surface area (Å²) in [6.07, 6.45) is -3.96.